The summed E-state index contributed by atoms with van der Waals surface area (Å²) in [5, 5.41) is 0. The quantitative estimate of drug-likeness (QED) is 0.727. The van der Waals surface area contributed by atoms with Gasteiger partial charge in [0.2, 0.25) is 5.91 Å². The van der Waals surface area contributed by atoms with Gasteiger partial charge < -0.3 is 10.6 Å². The molecule has 0 saturated heterocycles. The number of nitrogens with zero attached hydrogens (tertiary/aromatic N) is 1. The van der Waals surface area contributed by atoms with Crippen LogP contribution in [0, 0.1) is 0 Å². The van der Waals surface area contributed by atoms with Crippen molar-refractivity contribution in [2.45, 2.75) is 25.6 Å². The molecular weight excluding hydrogens is 185 g/mol. The van der Waals surface area contributed by atoms with E-state index in [-0.39, 0.29) is 0 Å². The molecule has 0 spiro atoms. The maximum Gasteiger partial charge on any atom is 0.406 e. The summed E-state index contributed by atoms with van der Waals surface area (Å²) >= 11 is 0. The van der Waals surface area contributed by atoms with E-state index in [1.165, 1.54) is 0 Å². The molecule has 78 valence electrons. The van der Waals surface area contributed by atoms with E-state index in [1.807, 2.05) is 0 Å². The van der Waals surface area contributed by atoms with Gasteiger partial charge in [0.05, 0.1) is 6.04 Å². The van der Waals surface area contributed by atoms with Gasteiger partial charge in [-0.3, -0.25) is 4.79 Å². The molecule has 13 heavy (non-hydrogen) atoms. The lowest BCUT2D eigenvalue weighted by atomic mass is 10.2. The SMILES string of the molecule is CC[C@@H](N)C(=O)N(C)CC(F)(F)F. The van der Waals surface area contributed by atoms with Crippen molar-refractivity contribution in [3.8, 4) is 0 Å². The highest BCUT2D eigenvalue weighted by Gasteiger charge is 2.32. The highest BCUT2D eigenvalue weighted by Crippen LogP contribution is 2.15. The Morgan fingerprint density at radius 1 is 1.54 bits per heavy atom. The Morgan fingerprint density at radius 2 is 2.00 bits per heavy atom. The van der Waals surface area contributed by atoms with Crippen LogP contribution in [0.15, 0.2) is 0 Å². The van der Waals surface area contributed by atoms with Crippen LogP contribution in [0.4, 0.5) is 13.2 Å². The molecule has 0 aromatic heterocycles. The molecule has 0 fully saturated rings. The molecule has 0 aliphatic heterocycles. The van der Waals surface area contributed by atoms with Gasteiger partial charge in [-0.25, -0.2) is 0 Å². The van der Waals surface area contributed by atoms with E-state index in [0.29, 0.717) is 11.3 Å². The van der Waals surface area contributed by atoms with Gasteiger partial charge in [0.25, 0.3) is 0 Å². The minimum absolute atomic E-state index is 0.334. The number of carbonyl (C=O) groups is 1. The molecule has 6 heteroatoms. The van der Waals surface area contributed by atoms with E-state index >= 15 is 0 Å². The highest BCUT2D eigenvalue weighted by molar-refractivity contribution is 5.81. The number of rotatable bonds is 3. The van der Waals surface area contributed by atoms with Crippen molar-refractivity contribution in [2.24, 2.45) is 5.73 Å². The monoisotopic (exact) mass is 198 g/mol. The molecule has 0 bridgehead atoms. The van der Waals surface area contributed by atoms with E-state index in [2.05, 4.69) is 0 Å². The highest BCUT2D eigenvalue weighted by atomic mass is 19.4. The summed E-state index contributed by atoms with van der Waals surface area (Å²) in [5.74, 6) is -0.681. The summed E-state index contributed by atoms with van der Waals surface area (Å²) in [5.41, 5.74) is 5.28. The van der Waals surface area contributed by atoms with Crippen LogP contribution in [-0.2, 0) is 4.79 Å². The Labute approximate surface area is 74.7 Å². The van der Waals surface area contributed by atoms with Crippen LogP contribution in [0.5, 0.6) is 0 Å². The first-order valence-corrected chi connectivity index (χ1v) is 3.85. The van der Waals surface area contributed by atoms with E-state index in [1.54, 1.807) is 6.92 Å². The predicted octanol–water partition coefficient (Wildman–Crippen LogP) is 0.744. The zero-order valence-electron chi connectivity index (χ0n) is 7.56. The van der Waals surface area contributed by atoms with Crippen molar-refractivity contribution in [2.75, 3.05) is 13.6 Å². The fraction of sp³-hybridized carbons (Fsp3) is 0.857. The van der Waals surface area contributed by atoms with E-state index < -0.39 is 24.7 Å². The maximum atomic E-state index is 11.8. The first kappa shape index (κ1) is 12.2. The van der Waals surface area contributed by atoms with Crippen molar-refractivity contribution in [3.63, 3.8) is 0 Å². The van der Waals surface area contributed by atoms with Crippen molar-refractivity contribution < 1.29 is 18.0 Å². The molecule has 0 aromatic carbocycles. The third-order valence-electron chi connectivity index (χ3n) is 1.55. The Bertz CT molecular complexity index is 181. The van der Waals surface area contributed by atoms with E-state index in [4.69, 9.17) is 5.73 Å². The van der Waals surface area contributed by atoms with Crippen molar-refractivity contribution in [1.29, 1.82) is 0 Å². The molecule has 0 radical (unpaired) electrons. The second-order valence-electron chi connectivity index (χ2n) is 2.82. The third kappa shape index (κ3) is 4.72. The van der Waals surface area contributed by atoms with Gasteiger partial charge in [-0.2, -0.15) is 13.2 Å². The van der Waals surface area contributed by atoms with Crippen LogP contribution >= 0.6 is 0 Å². The number of hydrogen-bond acceptors (Lipinski definition) is 2. The average Bonchev–Trinajstić information content (AvgIpc) is 1.98. The summed E-state index contributed by atoms with van der Waals surface area (Å²) < 4.78 is 35.4. The topological polar surface area (TPSA) is 46.3 Å². The van der Waals surface area contributed by atoms with Crippen LogP contribution in [0.2, 0.25) is 0 Å². The number of halogens is 3. The number of amides is 1. The first-order valence-electron chi connectivity index (χ1n) is 3.85. The van der Waals surface area contributed by atoms with Crippen LogP contribution in [0.25, 0.3) is 0 Å². The number of carbonyl (C=O) groups excluding carboxylic acids is 1. The van der Waals surface area contributed by atoms with Gasteiger partial charge in [0.15, 0.2) is 0 Å². The normalized spacial score (nSPS) is 14.0. The molecule has 0 aliphatic rings. The second-order valence-corrected chi connectivity index (χ2v) is 2.82. The first-order chi connectivity index (χ1) is 5.78. The smallest absolute Gasteiger partial charge is 0.335 e. The zero-order chi connectivity index (χ0) is 10.6. The number of hydrogen-bond donors (Lipinski definition) is 1. The van der Waals surface area contributed by atoms with Gasteiger partial charge in [-0.15, -0.1) is 0 Å². The van der Waals surface area contributed by atoms with E-state index in [0.717, 1.165) is 7.05 Å². The lowest BCUT2D eigenvalue weighted by molar-refractivity contribution is -0.159. The summed E-state index contributed by atoms with van der Waals surface area (Å²) in [7, 11) is 1.09. The molecule has 0 rings (SSSR count). The molecule has 0 aliphatic carbocycles. The Balaban J connectivity index is 4.12. The summed E-state index contributed by atoms with van der Waals surface area (Å²) in [4.78, 5) is 11.6. The Morgan fingerprint density at radius 3 is 2.31 bits per heavy atom. The molecule has 2 N–H and O–H groups in total. The number of alkyl halides is 3. The molecule has 1 atom stereocenters. The fourth-order valence-electron chi connectivity index (χ4n) is 0.805. The summed E-state index contributed by atoms with van der Waals surface area (Å²) in [6.07, 6.45) is -4.03. The Hall–Kier alpha value is -0.780. The van der Waals surface area contributed by atoms with Crippen molar-refractivity contribution in [3.05, 3.63) is 0 Å². The van der Waals surface area contributed by atoms with Crippen LogP contribution in [0.3, 0.4) is 0 Å². The predicted molar refractivity (Wildman–Crippen MR) is 42.0 cm³/mol. The Kier molecular flexibility index (Phi) is 4.19. The lowest BCUT2D eigenvalue weighted by Crippen LogP contribution is -2.45. The van der Waals surface area contributed by atoms with Gasteiger partial charge in [-0.05, 0) is 6.42 Å². The lowest BCUT2D eigenvalue weighted by Gasteiger charge is -2.21. The minimum atomic E-state index is -4.36. The zero-order valence-corrected chi connectivity index (χ0v) is 7.56. The molecule has 0 aromatic rings. The molecule has 0 saturated carbocycles. The van der Waals surface area contributed by atoms with Crippen LogP contribution in [0.1, 0.15) is 13.3 Å². The second kappa shape index (κ2) is 4.45. The van der Waals surface area contributed by atoms with Gasteiger partial charge in [-0.1, -0.05) is 6.92 Å². The molecule has 0 unspecified atom stereocenters. The largest absolute Gasteiger partial charge is 0.406 e. The fourth-order valence-corrected chi connectivity index (χ4v) is 0.805. The van der Waals surface area contributed by atoms with E-state index in [9.17, 15) is 18.0 Å². The van der Waals surface area contributed by atoms with Crippen LogP contribution in [-0.4, -0.2) is 36.6 Å². The van der Waals surface area contributed by atoms with Crippen LogP contribution < -0.4 is 5.73 Å². The van der Waals surface area contributed by atoms with Crippen molar-refractivity contribution >= 4 is 5.91 Å². The van der Waals surface area contributed by atoms with Gasteiger partial charge >= 0.3 is 6.18 Å². The number of nitrogens with two attached hydrogens (primary N) is 1. The standard InChI is InChI=1S/C7H13F3N2O/c1-3-5(11)6(13)12(2)4-7(8,9)10/h5H,3-4,11H2,1-2H3/t5-/m1/s1. The van der Waals surface area contributed by atoms with Gasteiger partial charge in [0.1, 0.15) is 6.54 Å². The molecule has 1 amide bonds. The minimum Gasteiger partial charge on any atom is -0.335 e. The summed E-state index contributed by atoms with van der Waals surface area (Å²) in [6.45, 7) is 0.392. The average molecular weight is 198 g/mol. The molecule has 3 nitrogen and oxygen atoms in total. The molecule has 0 heterocycles. The summed E-state index contributed by atoms with van der Waals surface area (Å²) in [6, 6.07) is -0.840. The van der Waals surface area contributed by atoms with Gasteiger partial charge in [0, 0.05) is 7.05 Å². The molecular formula is C7H13F3N2O. The maximum absolute atomic E-state index is 11.8. The number of likely N-dealkylation sites (N-methyl/N-ethyl adjacent to an activating group) is 1. The van der Waals surface area contributed by atoms with Crippen molar-refractivity contribution in [1.82, 2.24) is 4.90 Å². The third-order valence-corrected chi connectivity index (χ3v) is 1.55.